The number of amides is 1. The summed E-state index contributed by atoms with van der Waals surface area (Å²) in [6, 6.07) is 19.6. The second-order valence-electron chi connectivity index (χ2n) is 9.67. The van der Waals surface area contributed by atoms with Crippen LogP contribution in [0.15, 0.2) is 72.8 Å². The Bertz CT molecular complexity index is 1490. The topological polar surface area (TPSA) is 105 Å². The predicted molar refractivity (Wildman–Crippen MR) is 143 cm³/mol. The molecule has 1 aliphatic rings. The second-order valence-corrected chi connectivity index (χ2v) is 9.67. The smallest absolute Gasteiger partial charge is 0.435 e. The third kappa shape index (κ3) is 6.23. The minimum Gasteiger partial charge on any atom is -0.506 e. The van der Waals surface area contributed by atoms with Gasteiger partial charge in [0.2, 0.25) is 0 Å². The number of nitrogens with zero attached hydrogens (tertiary/aromatic N) is 2. The first-order chi connectivity index (χ1) is 18.7. The Labute approximate surface area is 223 Å². The molecule has 1 heterocycles. The zero-order valence-corrected chi connectivity index (χ0v) is 21.0. The summed E-state index contributed by atoms with van der Waals surface area (Å²) in [7, 11) is 0. The van der Waals surface area contributed by atoms with Gasteiger partial charge in [0.1, 0.15) is 11.4 Å². The molecule has 202 valence electrons. The van der Waals surface area contributed by atoms with Gasteiger partial charge >= 0.3 is 6.18 Å². The lowest BCUT2D eigenvalue weighted by Crippen LogP contribution is -2.17. The molecule has 3 aromatic carbocycles. The molecule has 1 saturated carbocycles. The molecule has 0 radical (unpaired) electrons. The summed E-state index contributed by atoms with van der Waals surface area (Å²) in [6.07, 6.45) is -2.00. The van der Waals surface area contributed by atoms with Crippen LogP contribution in [0.3, 0.4) is 0 Å². The highest BCUT2D eigenvalue weighted by Gasteiger charge is 2.36. The molecule has 5 rings (SSSR count). The molecule has 0 atom stereocenters. The third-order valence-electron chi connectivity index (χ3n) is 6.60. The lowest BCUT2D eigenvalue weighted by atomic mass is 10.0. The number of anilines is 2. The molecule has 0 spiro atoms. The summed E-state index contributed by atoms with van der Waals surface area (Å²) < 4.78 is 41.9. The van der Waals surface area contributed by atoms with Crippen molar-refractivity contribution in [3.63, 3.8) is 0 Å². The van der Waals surface area contributed by atoms with Gasteiger partial charge in [-0.25, -0.2) is 4.68 Å². The van der Waals surface area contributed by atoms with Crippen LogP contribution in [0.5, 0.6) is 5.75 Å². The van der Waals surface area contributed by atoms with Crippen molar-refractivity contribution in [2.75, 3.05) is 17.2 Å². The van der Waals surface area contributed by atoms with Crippen molar-refractivity contribution < 1.29 is 23.1 Å². The minimum atomic E-state index is -4.74. The molecular formula is C29H28F3N5O2. The van der Waals surface area contributed by atoms with E-state index in [4.69, 9.17) is 5.73 Å². The van der Waals surface area contributed by atoms with Gasteiger partial charge in [0.05, 0.1) is 11.4 Å². The van der Waals surface area contributed by atoms with E-state index in [2.05, 4.69) is 15.7 Å². The number of alkyl halides is 3. The van der Waals surface area contributed by atoms with Gasteiger partial charge in [0.25, 0.3) is 5.91 Å². The quantitative estimate of drug-likeness (QED) is 0.205. The normalized spacial score (nSPS) is 13.3. The molecule has 7 nitrogen and oxygen atoms in total. The van der Waals surface area contributed by atoms with Crippen LogP contribution in [-0.2, 0) is 19.1 Å². The number of halogens is 3. The van der Waals surface area contributed by atoms with E-state index in [1.807, 2.05) is 12.1 Å². The van der Waals surface area contributed by atoms with Crippen molar-refractivity contribution in [2.24, 2.45) is 11.7 Å². The SMILES string of the molecule is NCc1cccc(NC(=O)c2cc(C(F)(F)F)nn2-c2cccc(Cc3cccc(O)c3NCC3CC3)c2)c1. The van der Waals surface area contributed by atoms with Gasteiger partial charge in [-0.2, -0.15) is 18.3 Å². The summed E-state index contributed by atoms with van der Waals surface area (Å²) in [5.41, 5.74) is 7.98. The number of hydrogen-bond acceptors (Lipinski definition) is 5. The lowest BCUT2D eigenvalue weighted by molar-refractivity contribution is -0.141. The maximum Gasteiger partial charge on any atom is 0.435 e. The first-order valence-corrected chi connectivity index (χ1v) is 12.6. The van der Waals surface area contributed by atoms with E-state index in [-0.39, 0.29) is 18.0 Å². The molecule has 1 fully saturated rings. The van der Waals surface area contributed by atoms with Gasteiger partial charge in [-0.3, -0.25) is 4.79 Å². The average Bonchev–Trinajstić information content (AvgIpc) is 3.62. The van der Waals surface area contributed by atoms with Gasteiger partial charge in [-0.15, -0.1) is 0 Å². The monoisotopic (exact) mass is 535 g/mol. The first kappa shape index (κ1) is 26.3. The lowest BCUT2D eigenvalue weighted by Gasteiger charge is -2.15. The molecule has 0 saturated heterocycles. The van der Waals surface area contributed by atoms with E-state index in [0.717, 1.165) is 46.8 Å². The highest BCUT2D eigenvalue weighted by Crippen LogP contribution is 2.34. The Hall–Kier alpha value is -4.31. The molecule has 0 aliphatic heterocycles. The molecular weight excluding hydrogens is 507 g/mol. The van der Waals surface area contributed by atoms with Crippen molar-refractivity contribution in [1.82, 2.24) is 9.78 Å². The van der Waals surface area contributed by atoms with Crippen molar-refractivity contribution in [2.45, 2.75) is 32.0 Å². The van der Waals surface area contributed by atoms with Crippen LogP contribution in [0.25, 0.3) is 5.69 Å². The zero-order chi connectivity index (χ0) is 27.6. The van der Waals surface area contributed by atoms with Crippen LogP contribution in [0.2, 0.25) is 0 Å². The molecule has 1 aromatic heterocycles. The molecule has 10 heteroatoms. The number of aromatic nitrogens is 2. The number of phenols is 1. The number of phenolic OH excluding ortho intramolecular Hbond substituents is 1. The third-order valence-corrected chi connectivity index (χ3v) is 6.60. The highest BCUT2D eigenvalue weighted by atomic mass is 19.4. The number of hydrogen-bond donors (Lipinski definition) is 4. The summed E-state index contributed by atoms with van der Waals surface area (Å²) in [4.78, 5) is 13.1. The predicted octanol–water partition coefficient (Wildman–Crippen LogP) is 5.72. The molecule has 0 unspecified atom stereocenters. The van der Waals surface area contributed by atoms with Gasteiger partial charge in [-0.1, -0.05) is 36.4 Å². The standard InChI is InChI=1S/C29H28F3N5O2/c30-29(31,32)26-15-24(28(39)35-22-7-1-5-20(13-22)16-33)37(36-26)23-8-2-4-19(14-23)12-21-6-3-9-25(38)27(21)34-17-18-10-11-18/h1-9,13-15,18,34,38H,10-12,16-17,33H2,(H,35,39). The largest absolute Gasteiger partial charge is 0.506 e. The van der Waals surface area contributed by atoms with Crippen molar-refractivity contribution >= 4 is 17.3 Å². The van der Waals surface area contributed by atoms with Gasteiger partial charge < -0.3 is 21.5 Å². The van der Waals surface area contributed by atoms with Gasteiger partial charge in [0.15, 0.2) is 5.69 Å². The van der Waals surface area contributed by atoms with Gasteiger partial charge in [0, 0.05) is 24.8 Å². The summed E-state index contributed by atoms with van der Waals surface area (Å²) in [6.45, 7) is 1.02. The number of nitrogens with one attached hydrogen (secondary N) is 2. The number of rotatable bonds is 9. The molecule has 1 amide bonds. The number of carbonyl (C=O) groups excluding carboxylic acids is 1. The Balaban J connectivity index is 1.46. The Morgan fingerprint density at radius 2 is 1.77 bits per heavy atom. The average molecular weight is 536 g/mol. The minimum absolute atomic E-state index is 0.142. The fourth-order valence-corrected chi connectivity index (χ4v) is 4.37. The van der Waals surface area contributed by atoms with Crippen LogP contribution in [0, 0.1) is 5.92 Å². The Morgan fingerprint density at radius 1 is 1.03 bits per heavy atom. The van der Waals surface area contributed by atoms with Crippen LogP contribution < -0.4 is 16.4 Å². The molecule has 39 heavy (non-hydrogen) atoms. The van der Waals surface area contributed by atoms with E-state index in [9.17, 15) is 23.1 Å². The molecule has 4 aromatic rings. The van der Waals surface area contributed by atoms with Crippen LogP contribution in [0.1, 0.15) is 45.7 Å². The van der Waals surface area contributed by atoms with Crippen molar-refractivity contribution in [3.8, 4) is 11.4 Å². The number of para-hydroxylation sites is 1. The van der Waals surface area contributed by atoms with E-state index < -0.39 is 17.8 Å². The van der Waals surface area contributed by atoms with Crippen molar-refractivity contribution in [3.05, 3.63) is 101 Å². The van der Waals surface area contributed by atoms with Crippen LogP contribution >= 0.6 is 0 Å². The zero-order valence-electron chi connectivity index (χ0n) is 21.0. The molecule has 5 N–H and O–H groups in total. The number of benzene rings is 3. The Morgan fingerprint density at radius 3 is 2.51 bits per heavy atom. The van der Waals surface area contributed by atoms with E-state index >= 15 is 0 Å². The molecule has 1 aliphatic carbocycles. The highest BCUT2D eigenvalue weighted by molar-refractivity contribution is 6.03. The number of nitrogens with two attached hydrogens (primary N) is 1. The number of carbonyl (C=O) groups is 1. The van der Waals surface area contributed by atoms with Crippen LogP contribution in [0.4, 0.5) is 24.5 Å². The fourth-order valence-electron chi connectivity index (χ4n) is 4.37. The molecule has 0 bridgehead atoms. The summed E-state index contributed by atoms with van der Waals surface area (Å²) in [5.74, 6) is 0.00626. The number of aromatic hydroxyl groups is 1. The maximum atomic E-state index is 13.6. The second kappa shape index (κ2) is 10.8. The van der Waals surface area contributed by atoms with Crippen molar-refractivity contribution in [1.29, 1.82) is 0 Å². The summed E-state index contributed by atoms with van der Waals surface area (Å²) >= 11 is 0. The van der Waals surface area contributed by atoms with Crippen LogP contribution in [-0.4, -0.2) is 27.3 Å². The van der Waals surface area contributed by atoms with Gasteiger partial charge in [-0.05, 0) is 72.2 Å². The van der Waals surface area contributed by atoms with E-state index in [1.165, 1.54) is 0 Å². The van der Waals surface area contributed by atoms with E-state index in [1.54, 1.807) is 54.6 Å². The van der Waals surface area contributed by atoms with E-state index in [0.29, 0.717) is 29.4 Å². The summed E-state index contributed by atoms with van der Waals surface area (Å²) in [5, 5.41) is 20.2. The maximum absolute atomic E-state index is 13.6. The Kier molecular flexibility index (Phi) is 7.30. The first-order valence-electron chi connectivity index (χ1n) is 12.6. The fraction of sp³-hybridized carbons (Fsp3) is 0.241.